The molecule has 5 nitrogen and oxygen atoms in total. The van der Waals surface area contributed by atoms with Gasteiger partial charge in [-0.1, -0.05) is 6.42 Å². The molecule has 0 unspecified atom stereocenters. The summed E-state index contributed by atoms with van der Waals surface area (Å²) in [5.41, 5.74) is 1.18. The SMILES string of the molecule is COC(=O)CCCCCNc1ccc(C(=O)O)cc1. The Balaban J connectivity index is 2.15. The van der Waals surface area contributed by atoms with Gasteiger partial charge in [-0.3, -0.25) is 4.79 Å². The second kappa shape index (κ2) is 8.13. The molecule has 1 rings (SSSR count). The topological polar surface area (TPSA) is 75.6 Å². The van der Waals surface area contributed by atoms with Crippen LogP contribution >= 0.6 is 0 Å². The van der Waals surface area contributed by atoms with Crippen molar-refractivity contribution in [1.82, 2.24) is 0 Å². The highest BCUT2D eigenvalue weighted by atomic mass is 16.5. The molecule has 19 heavy (non-hydrogen) atoms. The van der Waals surface area contributed by atoms with E-state index in [0.717, 1.165) is 31.5 Å². The Hall–Kier alpha value is -2.04. The number of rotatable bonds is 8. The normalized spacial score (nSPS) is 9.95. The molecule has 5 heteroatoms. The van der Waals surface area contributed by atoms with E-state index in [2.05, 4.69) is 10.1 Å². The Morgan fingerprint density at radius 3 is 2.42 bits per heavy atom. The van der Waals surface area contributed by atoms with Crippen molar-refractivity contribution in [1.29, 1.82) is 0 Å². The van der Waals surface area contributed by atoms with Crippen LogP contribution in [0.15, 0.2) is 24.3 Å². The first-order valence-electron chi connectivity index (χ1n) is 6.27. The van der Waals surface area contributed by atoms with Gasteiger partial charge in [-0.25, -0.2) is 4.79 Å². The quantitative estimate of drug-likeness (QED) is 0.558. The van der Waals surface area contributed by atoms with Crippen molar-refractivity contribution >= 4 is 17.6 Å². The van der Waals surface area contributed by atoms with E-state index in [-0.39, 0.29) is 11.5 Å². The molecule has 0 atom stereocenters. The molecule has 104 valence electrons. The zero-order valence-electron chi connectivity index (χ0n) is 11.0. The molecule has 0 aliphatic rings. The lowest BCUT2D eigenvalue weighted by Gasteiger charge is -2.06. The summed E-state index contributed by atoms with van der Waals surface area (Å²) in [6.45, 7) is 0.799. The van der Waals surface area contributed by atoms with Gasteiger partial charge in [-0.15, -0.1) is 0 Å². The molecule has 2 N–H and O–H groups in total. The van der Waals surface area contributed by atoms with Crippen molar-refractivity contribution < 1.29 is 19.4 Å². The lowest BCUT2D eigenvalue weighted by atomic mass is 10.2. The third kappa shape index (κ3) is 5.90. The van der Waals surface area contributed by atoms with Crippen LogP contribution in [0.2, 0.25) is 0 Å². The van der Waals surface area contributed by atoms with E-state index >= 15 is 0 Å². The minimum Gasteiger partial charge on any atom is -0.478 e. The first kappa shape index (κ1) is 15.0. The molecule has 1 aromatic carbocycles. The van der Waals surface area contributed by atoms with Crippen molar-refractivity contribution in [3.63, 3.8) is 0 Å². The first-order chi connectivity index (χ1) is 9.13. The molecular weight excluding hydrogens is 246 g/mol. The van der Waals surface area contributed by atoms with Crippen molar-refractivity contribution in [2.75, 3.05) is 19.0 Å². The Morgan fingerprint density at radius 2 is 1.84 bits per heavy atom. The summed E-state index contributed by atoms with van der Waals surface area (Å²) in [7, 11) is 1.39. The van der Waals surface area contributed by atoms with Gasteiger partial charge in [-0.2, -0.15) is 0 Å². The number of aromatic carboxylic acids is 1. The zero-order chi connectivity index (χ0) is 14.1. The number of carbonyl (C=O) groups is 2. The van der Waals surface area contributed by atoms with Gasteiger partial charge in [-0.05, 0) is 37.1 Å². The third-order valence-electron chi connectivity index (χ3n) is 2.75. The van der Waals surface area contributed by atoms with E-state index in [4.69, 9.17) is 5.11 Å². The van der Waals surface area contributed by atoms with Crippen LogP contribution in [0.3, 0.4) is 0 Å². The number of benzene rings is 1. The van der Waals surface area contributed by atoms with Gasteiger partial charge < -0.3 is 15.2 Å². The number of ether oxygens (including phenoxy) is 1. The molecule has 0 spiro atoms. The van der Waals surface area contributed by atoms with Gasteiger partial charge in [0, 0.05) is 18.7 Å². The minimum absolute atomic E-state index is 0.169. The highest BCUT2D eigenvalue weighted by molar-refractivity contribution is 5.87. The second-order valence-corrected chi connectivity index (χ2v) is 4.20. The standard InChI is InChI=1S/C14H19NO4/c1-19-13(16)5-3-2-4-10-15-12-8-6-11(7-9-12)14(17)18/h6-9,15H,2-5,10H2,1H3,(H,17,18). The summed E-state index contributed by atoms with van der Waals surface area (Å²) in [5, 5.41) is 12.0. The van der Waals surface area contributed by atoms with Gasteiger partial charge in [0.05, 0.1) is 12.7 Å². The monoisotopic (exact) mass is 265 g/mol. The second-order valence-electron chi connectivity index (χ2n) is 4.20. The third-order valence-corrected chi connectivity index (χ3v) is 2.75. The number of hydrogen-bond donors (Lipinski definition) is 2. The summed E-state index contributed by atoms with van der Waals surface area (Å²) in [5.74, 6) is -1.09. The number of methoxy groups -OCH3 is 1. The van der Waals surface area contributed by atoms with Gasteiger partial charge in [0.2, 0.25) is 0 Å². The van der Waals surface area contributed by atoms with Gasteiger partial charge in [0.25, 0.3) is 0 Å². The average Bonchev–Trinajstić information content (AvgIpc) is 2.42. The maximum absolute atomic E-state index is 10.9. The molecule has 0 amide bonds. The van der Waals surface area contributed by atoms with Crippen molar-refractivity contribution in [3.05, 3.63) is 29.8 Å². The molecule has 0 bridgehead atoms. The Bertz CT molecular complexity index is 414. The zero-order valence-corrected chi connectivity index (χ0v) is 11.0. The molecule has 0 fully saturated rings. The van der Waals surface area contributed by atoms with E-state index < -0.39 is 5.97 Å². The number of unbranched alkanes of at least 4 members (excludes halogenated alkanes) is 2. The molecule has 0 heterocycles. The lowest BCUT2D eigenvalue weighted by molar-refractivity contribution is -0.140. The van der Waals surface area contributed by atoms with Gasteiger partial charge in [0.1, 0.15) is 0 Å². The summed E-state index contributed by atoms with van der Waals surface area (Å²) in [4.78, 5) is 21.5. The Kier molecular flexibility index (Phi) is 6.43. The van der Waals surface area contributed by atoms with Crippen LogP contribution in [-0.4, -0.2) is 30.7 Å². The summed E-state index contributed by atoms with van der Waals surface area (Å²) in [6.07, 6.45) is 3.20. The Labute approximate surface area is 112 Å². The number of esters is 1. The fourth-order valence-electron chi connectivity index (χ4n) is 1.64. The highest BCUT2D eigenvalue weighted by Gasteiger charge is 2.01. The molecule has 0 aliphatic heterocycles. The van der Waals surface area contributed by atoms with Crippen LogP contribution in [0.1, 0.15) is 36.0 Å². The van der Waals surface area contributed by atoms with Crippen LogP contribution in [-0.2, 0) is 9.53 Å². The molecule has 0 aliphatic carbocycles. The predicted octanol–water partition coefficient (Wildman–Crippen LogP) is 2.53. The van der Waals surface area contributed by atoms with E-state index in [1.165, 1.54) is 7.11 Å². The van der Waals surface area contributed by atoms with Crippen LogP contribution in [0.5, 0.6) is 0 Å². The molecular formula is C14H19NO4. The number of nitrogens with one attached hydrogen (secondary N) is 1. The number of carboxylic acid groups (broad SMARTS) is 1. The van der Waals surface area contributed by atoms with E-state index in [0.29, 0.717) is 6.42 Å². The molecule has 1 aromatic rings. The van der Waals surface area contributed by atoms with Crippen molar-refractivity contribution in [2.24, 2.45) is 0 Å². The van der Waals surface area contributed by atoms with Crippen LogP contribution < -0.4 is 5.32 Å². The average molecular weight is 265 g/mol. The largest absolute Gasteiger partial charge is 0.478 e. The highest BCUT2D eigenvalue weighted by Crippen LogP contribution is 2.10. The van der Waals surface area contributed by atoms with Crippen LogP contribution in [0.25, 0.3) is 0 Å². The number of anilines is 1. The predicted molar refractivity (Wildman–Crippen MR) is 72.4 cm³/mol. The summed E-state index contributed by atoms with van der Waals surface area (Å²) < 4.78 is 4.55. The molecule has 0 saturated heterocycles. The maximum Gasteiger partial charge on any atom is 0.335 e. The Morgan fingerprint density at radius 1 is 1.16 bits per heavy atom. The van der Waals surface area contributed by atoms with Gasteiger partial charge in [0.15, 0.2) is 0 Å². The van der Waals surface area contributed by atoms with E-state index in [1.807, 2.05) is 0 Å². The van der Waals surface area contributed by atoms with Crippen LogP contribution in [0.4, 0.5) is 5.69 Å². The summed E-state index contributed by atoms with van der Waals surface area (Å²) >= 11 is 0. The van der Waals surface area contributed by atoms with Crippen LogP contribution in [0, 0.1) is 0 Å². The fraction of sp³-hybridized carbons (Fsp3) is 0.429. The number of carboxylic acids is 1. The van der Waals surface area contributed by atoms with E-state index in [9.17, 15) is 9.59 Å². The molecule has 0 saturated carbocycles. The molecule has 0 aromatic heterocycles. The molecule has 0 radical (unpaired) electrons. The minimum atomic E-state index is -0.922. The summed E-state index contributed by atoms with van der Waals surface area (Å²) in [6, 6.07) is 6.64. The first-order valence-corrected chi connectivity index (χ1v) is 6.27. The van der Waals surface area contributed by atoms with Crippen molar-refractivity contribution in [3.8, 4) is 0 Å². The maximum atomic E-state index is 10.9. The van der Waals surface area contributed by atoms with Crippen molar-refractivity contribution in [2.45, 2.75) is 25.7 Å². The number of hydrogen-bond acceptors (Lipinski definition) is 4. The lowest BCUT2D eigenvalue weighted by Crippen LogP contribution is -2.03. The smallest absolute Gasteiger partial charge is 0.335 e. The van der Waals surface area contributed by atoms with Gasteiger partial charge >= 0.3 is 11.9 Å². The van der Waals surface area contributed by atoms with E-state index in [1.54, 1.807) is 24.3 Å². The fourth-order valence-corrected chi connectivity index (χ4v) is 1.64. The number of carbonyl (C=O) groups excluding carboxylic acids is 1.